The zero-order valence-electron chi connectivity index (χ0n) is 9.03. The number of hydrogen-bond acceptors (Lipinski definition) is 4. The third kappa shape index (κ3) is 3.48. The largest absolute Gasteiger partial charge is 0.495 e. The minimum absolute atomic E-state index is 0.0159. The van der Waals surface area contributed by atoms with Gasteiger partial charge in [-0.3, -0.25) is 4.79 Å². The smallest absolute Gasteiger partial charge is 0.188 e. The van der Waals surface area contributed by atoms with Crippen LogP contribution in [0, 0.1) is 0 Å². The Morgan fingerprint density at radius 2 is 2.25 bits per heavy atom. The second kappa shape index (κ2) is 6.48. The van der Waals surface area contributed by atoms with Crippen molar-refractivity contribution in [3.8, 4) is 5.75 Å². The summed E-state index contributed by atoms with van der Waals surface area (Å²) in [6.07, 6.45) is 0. The van der Waals surface area contributed by atoms with Crippen LogP contribution in [0.2, 0.25) is 5.02 Å². The fourth-order valence-electron chi connectivity index (χ4n) is 1.16. The summed E-state index contributed by atoms with van der Waals surface area (Å²) in [6.45, 7) is 0.787. The third-order valence-electron chi connectivity index (χ3n) is 1.97. The van der Waals surface area contributed by atoms with Crippen LogP contribution in [-0.4, -0.2) is 32.7 Å². The summed E-state index contributed by atoms with van der Waals surface area (Å²) in [7, 11) is 1.50. The monoisotopic (exact) mass is 243 g/mol. The Balaban J connectivity index is 2.68. The highest BCUT2D eigenvalue weighted by atomic mass is 35.5. The van der Waals surface area contributed by atoms with Crippen LogP contribution < -0.4 is 10.5 Å². The van der Waals surface area contributed by atoms with E-state index in [1.807, 2.05) is 0 Å². The summed E-state index contributed by atoms with van der Waals surface area (Å²) >= 11 is 5.84. The van der Waals surface area contributed by atoms with Crippen molar-refractivity contribution >= 4 is 17.4 Å². The molecule has 0 radical (unpaired) electrons. The summed E-state index contributed by atoms with van der Waals surface area (Å²) < 4.78 is 10.1. The van der Waals surface area contributed by atoms with Crippen LogP contribution in [0.1, 0.15) is 10.4 Å². The second-order valence-electron chi connectivity index (χ2n) is 3.11. The first-order valence-electron chi connectivity index (χ1n) is 4.83. The molecule has 2 N–H and O–H groups in total. The zero-order chi connectivity index (χ0) is 12.0. The van der Waals surface area contributed by atoms with Gasteiger partial charge in [0.1, 0.15) is 12.4 Å². The summed E-state index contributed by atoms with van der Waals surface area (Å²) in [6, 6.07) is 4.85. The minimum atomic E-state index is -0.122. The molecule has 0 aromatic heterocycles. The van der Waals surface area contributed by atoms with E-state index in [9.17, 15) is 4.79 Å². The summed E-state index contributed by atoms with van der Waals surface area (Å²) in [5, 5.41) is 0.474. The molecule has 0 spiro atoms. The Hall–Kier alpha value is -1.10. The minimum Gasteiger partial charge on any atom is -0.495 e. The van der Waals surface area contributed by atoms with Gasteiger partial charge in [0, 0.05) is 12.1 Å². The number of ketones is 1. The van der Waals surface area contributed by atoms with E-state index < -0.39 is 0 Å². The van der Waals surface area contributed by atoms with Gasteiger partial charge in [0.05, 0.1) is 18.7 Å². The van der Waals surface area contributed by atoms with Crippen molar-refractivity contribution in [2.75, 3.05) is 26.9 Å². The lowest BCUT2D eigenvalue weighted by molar-refractivity contribution is 0.0774. The molecule has 0 saturated carbocycles. The molecule has 0 aliphatic heterocycles. The molecule has 0 saturated heterocycles. The standard InChI is InChI=1S/C11H14ClNO3/c1-15-11-6-8(2-3-9(11)12)10(14)7-16-5-4-13/h2-3,6H,4-5,7,13H2,1H3. The average Bonchev–Trinajstić information content (AvgIpc) is 2.30. The molecule has 1 aromatic carbocycles. The number of ether oxygens (including phenoxy) is 2. The molecule has 5 heteroatoms. The fourth-order valence-corrected chi connectivity index (χ4v) is 1.36. The van der Waals surface area contributed by atoms with Crippen LogP contribution in [0.25, 0.3) is 0 Å². The van der Waals surface area contributed by atoms with E-state index in [1.165, 1.54) is 7.11 Å². The first kappa shape index (κ1) is 13.0. The molecular weight excluding hydrogens is 230 g/mol. The van der Waals surface area contributed by atoms with Gasteiger partial charge in [-0.15, -0.1) is 0 Å². The number of rotatable bonds is 6. The fraction of sp³-hybridized carbons (Fsp3) is 0.364. The van der Waals surface area contributed by atoms with Crippen molar-refractivity contribution in [3.63, 3.8) is 0 Å². The number of benzene rings is 1. The number of hydrogen-bond donors (Lipinski definition) is 1. The SMILES string of the molecule is COc1cc(C(=O)COCCN)ccc1Cl. The molecule has 0 aliphatic carbocycles. The molecule has 0 heterocycles. The number of methoxy groups -OCH3 is 1. The van der Waals surface area contributed by atoms with Crippen LogP contribution in [-0.2, 0) is 4.74 Å². The zero-order valence-corrected chi connectivity index (χ0v) is 9.79. The number of nitrogens with two attached hydrogens (primary N) is 1. The molecule has 0 unspecified atom stereocenters. The Morgan fingerprint density at radius 1 is 1.50 bits per heavy atom. The molecule has 0 amide bonds. The summed E-state index contributed by atoms with van der Waals surface area (Å²) in [4.78, 5) is 11.6. The molecule has 4 nitrogen and oxygen atoms in total. The molecule has 0 atom stereocenters. The van der Waals surface area contributed by atoms with Gasteiger partial charge in [0.15, 0.2) is 5.78 Å². The molecule has 0 aliphatic rings. The molecule has 0 bridgehead atoms. The number of carbonyl (C=O) groups excluding carboxylic acids is 1. The first-order chi connectivity index (χ1) is 7.69. The molecule has 1 rings (SSSR count). The van der Waals surface area contributed by atoms with Gasteiger partial charge in [0.2, 0.25) is 0 Å². The van der Waals surface area contributed by atoms with Crippen molar-refractivity contribution in [2.45, 2.75) is 0 Å². The van der Waals surface area contributed by atoms with Gasteiger partial charge in [0.25, 0.3) is 0 Å². The van der Waals surface area contributed by atoms with Gasteiger partial charge >= 0.3 is 0 Å². The van der Waals surface area contributed by atoms with Gasteiger partial charge in [-0.2, -0.15) is 0 Å². The maximum absolute atomic E-state index is 11.6. The predicted octanol–water partition coefficient (Wildman–Crippen LogP) is 1.51. The molecular formula is C11H14ClNO3. The number of carbonyl (C=O) groups is 1. The van der Waals surface area contributed by atoms with Crippen molar-refractivity contribution in [1.82, 2.24) is 0 Å². The summed E-state index contributed by atoms with van der Waals surface area (Å²) in [5.74, 6) is 0.356. The lowest BCUT2D eigenvalue weighted by Gasteiger charge is -2.06. The molecule has 0 fully saturated rings. The Bertz CT molecular complexity index is 368. The van der Waals surface area contributed by atoms with Crippen molar-refractivity contribution in [2.24, 2.45) is 5.73 Å². The van der Waals surface area contributed by atoms with E-state index in [2.05, 4.69) is 0 Å². The second-order valence-corrected chi connectivity index (χ2v) is 3.52. The Kier molecular flexibility index (Phi) is 5.25. The highest BCUT2D eigenvalue weighted by molar-refractivity contribution is 6.32. The Labute approximate surface area is 99.3 Å². The topological polar surface area (TPSA) is 61.5 Å². The van der Waals surface area contributed by atoms with E-state index in [0.717, 1.165) is 0 Å². The highest BCUT2D eigenvalue weighted by Crippen LogP contribution is 2.25. The van der Waals surface area contributed by atoms with E-state index in [-0.39, 0.29) is 12.4 Å². The van der Waals surface area contributed by atoms with Crippen molar-refractivity contribution in [3.05, 3.63) is 28.8 Å². The maximum atomic E-state index is 11.6. The average molecular weight is 244 g/mol. The maximum Gasteiger partial charge on any atom is 0.188 e. The van der Waals surface area contributed by atoms with Crippen LogP contribution in [0.5, 0.6) is 5.75 Å². The van der Waals surface area contributed by atoms with Gasteiger partial charge in [-0.25, -0.2) is 0 Å². The van der Waals surface area contributed by atoms with Crippen molar-refractivity contribution < 1.29 is 14.3 Å². The van der Waals surface area contributed by atoms with E-state index in [4.69, 9.17) is 26.8 Å². The van der Waals surface area contributed by atoms with Crippen LogP contribution >= 0.6 is 11.6 Å². The van der Waals surface area contributed by atoms with E-state index >= 15 is 0 Å². The van der Waals surface area contributed by atoms with Crippen LogP contribution in [0.15, 0.2) is 18.2 Å². The van der Waals surface area contributed by atoms with Crippen LogP contribution in [0.4, 0.5) is 0 Å². The van der Waals surface area contributed by atoms with Crippen molar-refractivity contribution in [1.29, 1.82) is 0 Å². The van der Waals surface area contributed by atoms with E-state index in [0.29, 0.717) is 29.5 Å². The first-order valence-corrected chi connectivity index (χ1v) is 5.21. The predicted molar refractivity (Wildman–Crippen MR) is 62.2 cm³/mol. The molecule has 88 valence electrons. The summed E-state index contributed by atoms with van der Waals surface area (Å²) in [5.41, 5.74) is 5.76. The van der Waals surface area contributed by atoms with E-state index in [1.54, 1.807) is 18.2 Å². The quantitative estimate of drug-likeness (QED) is 0.608. The lowest BCUT2D eigenvalue weighted by Crippen LogP contribution is -2.14. The van der Waals surface area contributed by atoms with Gasteiger partial charge < -0.3 is 15.2 Å². The highest BCUT2D eigenvalue weighted by Gasteiger charge is 2.09. The van der Waals surface area contributed by atoms with Crippen LogP contribution in [0.3, 0.4) is 0 Å². The van der Waals surface area contributed by atoms with Gasteiger partial charge in [-0.1, -0.05) is 11.6 Å². The lowest BCUT2D eigenvalue weighted by atomic mass is 10.1. The number of Topliss-reactive ketones (excluding diaryl/α,β-unsaturated/α-hetero) is 1. The Morgan fingerprint density at radius 3 is 2.88 bits per heavy atom. The molecule has 16 heavy (non-hydrogen) atoms. The number of halogens is 1. The van der Waals surface area contributed by atoms with Gasteiger partial charge in [-0.05, 0) is 18.2 Å². The normalized spacial score (nSPS) is 10.2. The molecule has 1 aromatic rings. The third-order valence-corrected chi connectivity index (χ3v) is 2.28.